The Kier molecular flexibility index (Phi) is 6.73. The van der Waals surface area contributed by atoms with E-state index in [1.54, 1.807) is 24.4 Å². The van der Waals surface area contributed by atoms with Gasteiger partial charge in [-0.25, -0.2) is 4.98 Å². The second-order valence-electron chi connectivity index (χ2n) is 8.03. The van der Waals surface area contributed by atoms with Crippen LogP contribution in [0.3, 0.4) is 0 Å². The molecule has 4 rings (SSSR count). The number of rotatable bonds is 9. The van der Waals surface area contributed by atoms with Crippen LogP contribution >= 0.6 is 0 Å². The van der Waals surface area contributed by atoms with Crippen LogP contribution in [0.2, 0.25) is 0 Å². The Morgan fingerprint density at radius 2 is 1.68 bits per heavy atom. The van der Waals surface area contributed by atoms with Gasteiger partial charge < -0.3 is 21.8 Å². The van der Waals surface area contributed by atoms with Crippen molar-refractivity contribution in [1.82, 2.24) is 9.97 Å². The number of H-pyrrole nitrogens is 1. The van der Waals surface area contributed by atoms with Gasteiger partial charge in [-0.2, -0.15) is 0 Å². The molecule has 0 unspecified atom stereocenters. The third kappa shape index (κ3) is 4.83. The number of nitrogens with zero attached hydrogens (tertiary/aromatic N) is 1. The van der Waals surface area contributed by atoms with Crippen LogP contribution in [-0.4, -0.2) is 28.3 Å². The predicted octanol–water partition coefficient (Wildman–Crippen LogP) is 4.08. The summed E-state index contributed by atoms with van der Waals surface area (Å²) in [6, 6.07) is 22.8. The molecule has 0 radical (unpaired) electrons. The number of primary amides is 2. The van der Waals surface area contributed by atoms with Crippen molar-refractivity contribution in [1.29, 1.82) is 0 Å². The van der Waals surface area contributed by atoms with Gasteiger partial charge in [0.05, 0.1) is 23.1 Å². The second kappa shape index (κ2) is 10.0. The Labute approximate surface area is 198 Å². The first-order chi connectivity index (χ1) is 16.5. The van der Waals surface area contributed by atoms with Crippen molar-refractivity contribution in [2.45, 2.75) is 19.3 Å². The van der Waals surface area contributed by atoms with E-state index in [0.717, 1.165) is 33.9 Å². The van der Waals surface area contributed by atoms with Crippen molar-refractivity contribution in [3.8, 4) is 11.3 Å². The number of hydrogen-bond donors (Lipinski definition) is 4. The first kappa shape index (κ1) is 22.8. The molecule has 0 aliphatic rings. The van der Waals surface area contributed by atoms with E-state index in [9.17, 15) is 9.59 Å². The van der Waals surface area contributed by atoms with Crippen molar-refractivity contribution in [2.24, 2.45) is 11.5 Å². The summed E-state index contributed by atoms with van der Waals surface area (Å²) in [5.41, 5.74) is 16.5. The van der Waals surface area contributed by atoms with Crippen molar-refractivity contribution >= 4 is 17.5 Å². The predicted molar refractivity (Wildman–Crippen MR) is 134 cm³/mol. The molecule has 7 nitrogen and oxygen atoms in total. The number of carbonyl (C=O) groups excluding carboxylic acids is 2. The largest absolute Gasteiger partial charge is 0.384 e. The summed E-state index contributed by atoms with van der Waals surface area (Å²) in [6.45, 7) is 2.62. The molecule has 4 aromatic rings. The molecule has 1 atom stereocenters. The van der Waals surface area contributed by atoms with Crippen LogP contribution in [-0.2, 0) is 6.42 Å². The molecule has 0 saturated heterocycles. The van der Waals surface area contributed by atoms with Crippen molar-refractivity contribution in [2.75, 3.05) is 11.9 Å². The highest BCUT2D eigenvalue weighted by atomic mass is 16.1. The average Bonchev–Trinajstić information content (AvgIpc) is 3.33. The molecule has 1 heterocycles. The monoisotopic (exact) mass is 453 g/mol. The molecular formula is C27H27N5O2. The number of carbonyl (C=O) groups is 2. The molecule has 172 valence electrons. The lowest BCUT2D eigenvalue weighted by molar-refractivity contribution is 0.0992. The van der Waals surface area contributed by atoms with Gasteiger partial charge >= 0.3 is 0 Å². The van der Waals surface area contributed by atoms with Crippen LogP contribution in [0.5, 0.6) is 0 Å². The zero-order valence-corrected chi connectivity index (χ0v) is 18.9. The Balaban J connectivity index is 1.79. The molecular weight excluding hydrogens is 426 g/mol. The van der Waals surface area contributed by atoms with Crippen molar-refractivity contribution < 1.29 is 9.59 Å². The Morgan fingerprint density at radius 3 is 2.32 bits per heavy atom. The van der Waals surface area contributed by atoms with Gasteiger partial charge in [-0.3, -0.25) is 9.59 Å². The van der Waals surface area contributed by atoms with E-state index in [0.29, 0.717) is 24.1 Å². The van der Waals surface area contributed by atoms with Gasteiger partial charge in [0.15, 0.2) is 0 Å². The quantitative estimate of drug-likeness (QED) is 0.304. The molecule has 7 heteroatoms. The molecule has 0 aliphatic carbocycles. The topological polar surface area (TPSA) is 127 Å². The number of imidazole rings is 1. The Morgan fingerprint density at radius 1 is 0.941 bits per heavy atom. The van der Waals surface area contributed by atoms with Gasteiger partial charge in [0.2, 0.25) is 5.91 Å². The number of nitrogens with one attached hydrogen (secondary N) is 2. The summed E-state index contributed by atoms with van der Waals surface area (Å²) < 4.78 is 0. The third-order valence-electron chi connectivity index (χ3n) is 5.78. The van der Waals surface area contributed by atoms with Crippen molar-refractivity contribution in [3.05, 3.63) is 107 Å². The van der Waals surface area contributed by atoms with Crippen LogP contribution < -0.4 is 16.8 Å². The first-order valence-electron chi connectivity index (χ1n) is 11.1. The highest BCUT2D eigenvalue weighted by Gasteiger charge is 2.24. The summed E-state index contributed by atoms with van der Waals surface area (Å²) in [5, 5.41) is 3.33. The van der Waals surface area contributed by atoms with Gasteiger partial charge in [0, 0.05) is 18.0 Å². The fourth-order valence-electron chi connectivity index (χ4n) is 4.12. The normalized spacial score (nSPS) is 11.7. The van der Waals surface area contributed by atoms with E-state index in [2.05, 4.69) is 22.4 Å². The molecule has 0 aliphatic heterocycles. The highest BCUT2D eigenvalue weighted by Crippen LogP contribution is 2.35. The zero-order chi connectivity index (χ0) is 24.1. The second-order valence-corrected chi connectivity index (χ2v) is 8.03. The smallest absolute Gasteiger partial charge is 0.250 e. The maximum Gasteiger partial charge on any atom is 0.250 e. The molecule has 0 saturated carbocycles. The summed E-state index contributed by atoms with van der Waals surface area (Å²) in [7, 11) is 0. The first-order valence-corrected chi connectivity index (χ1v) is 11.1. The number of benzene rings is 3. The van der Waals surface area contributed by atoms with E-state index >= 15 is 0 Å². The minimum absolute atomic E-state index is 0.158. The zero-order valence-electron chi connectivity index (χ0n) is 18.9. The van der Waals surface area contributed by atoms with Crippen LogP contribution in [0.25, 0.3) is 11.3 Å². The SMILES string of the molecule is CCNc1c(C(N)=O)cccc1[C@H](Cc1ccccc1)c1ncc(-c2ccc(C(N)=O)cc2)[nH]1. The van der Waals surface area contributed by atoms with Gasteiger partial charge in [-0.1, -0.05) is 54.6 Å². The van der Waals surface area contributed by atoms with Gasteiger partial charge in [-0.15, -0.1) is 0 Å². The third-order valence-corrected chi connectivity index (χ3v) is 5.78. The lowest BCUT2D eigenvalue weighted by Gasteiger charge is -2.21. The van der Waals surface area contributed by atoms with E-state index in [1.807, 2.05) is 49.4 Å². The number of aromatic amines is 1. The number of amides is 2. The molecule has 6 N–H and O–H groups in total. The van der Waals surface area contributed by atoms with Gasteiger partial charge in [0.25, 0.3) is 5.91 Å². The van der Waals surface area contributed by atoms with Gasteiger partial charge in [0.1, 0.15) is 5.82 Å². The molecule has 1 aromatic heterocycles. The van der Waals surface area contributed by atoms with E-state index in [1.165, 1.54) is 0 Å². The summed E-state index contributed by atoms with van der Waals surface area (Å²) in [4.78, 5) is 31.7. The number of aromatic nitrogens is 2. The number of para-hydroxylation sites is 1. The standard InChI is InChI=1S/C27H27N5O2/c1-2-30-24-20(9-6-10-21(24)26(29)34)22(15-17-7-4-3-5-8-17)27-31-16-23(32-27)18-11-13-19(14-12-18)25(28)33/h3-14,16,22,30H,2,15H2,1H3,(H2,28,33)(H2,29,34)(H,31,32)/t22-/m0/s1. The lowest BCUT2D eigenvalue weighted by atomic mass is 9.88. The molecule has 0 fully saturated rings. The highest BCUT2D eigenvalue weighted by molar-refractivity contribution is 5.99. The van der Waals surface area contributed by atoms with Crippen LogP contribution in [0, 0.1) is 0 Å². The van der Waals surface area contributed by atoms with Crippen LogP contribution in [0.1, 0.15) is 50.5 Å². The van der Waals surface area contributed by atoms with Crippen LogP contribution in [0.4, 0.5) is 5.69 Å². The van der Waals surface area contributed by atoms with Crippen molar-refractivity contribution in [3.63, 3.8) is 0 Å². The Hall–Kier alpha value is -4.39. The minimum Gasteiger partial charge on any atom is -0.384 e. The number of hydrogen-bond acceptors (Lipinski definition) is 4. The minimum atomic E-state index is -0.481. The molecule has 0 bridgehead atoms. The lowest BCUT2D eigenvalue weighted by Crippen LogP contribution is -2.18. The Bertz CT molecular complexity index is 1300. The number of anilines is 1. The summed E-state index contributed by atoms with van der Waals surface area (Å²) in [6.07, 6.45) is 2.45. The molecule has 3 aromatic carbocycles. The molecule has 2 amide bonds. The maximum absolute atomic E-state index is 12.2. The summed E-state index contributed by atoms with van der Waals surface area (Å²) >= 11 is 0. The fraction of sp³-hybridized carbons (Fsp3) is 0.148. The van der Waals surface area contributed by atoms with Crippen LogP contribution in [0.15, 0.2) is 79.0 Å². The molecule has 0 spiro atoms. The summed E-state index contributed by atoms with van der Waals surface area (Å²) in [5.74, 6) is -0.344. The average molecular weight is 454 g/mol. The van der Waals surface area contributed by atoms with Gasteiger partial charge in [-0.05, 0) is 48.2 Å². The van der Waals surface area contributed by atoms with E-state index in [-0.39, 0.29) is 5.92 Å². The maximum atomic E-state index is 12.2. The fourth-order valence-corrected chi connectivity index (χ4v) is 4.12. The molecule has 34 heavy (non-hydrogen) atoms. The van der Waals surface area contributed by atoms with E-state index < -0.39 is 11.8 Å². The number of nitrogens with two attached hydrogens (primary N) is 2. The van der Waals surface area contributed by atoms with E-state index in [4.69, 9.17) is 16.5 Å².